The summed E-state index contributed by atoms with van der Waals surface area (Å²) in [6.45, 7) is 0. The molecule has 1 aliphatic rings. The molecular weight excluding hydrogens is 896 g/mol. The van der Waals surface area contributed by atoms with E-state index >= 15 is 0 Å². The molecule has 0 aromatic heterocycles. The molecule has 0 spiro atoms. The van der Waals surface area contributed by atoms with Gasteiger partial charge in [0.05, 0.1) is 49.5 Å². The van der Waals surface area contributed by atoms with Gasteiger partial charge in [0.2, 0.25) is 11.7 Å². The number of hydrazone groups is 1. The molecule has 0 atom stereocenters. The SMILES string of the molecule is NC(=O)Cc1ccc(N=Nc2ccc(N=Nc3ccc(N/N=C4/C(=O)C=Cc5cc(S(=O)(=O)[O-])ccc54)c4ccc(S(=O)(=O)[O-])cc34)c3ccc(S(=O)(=O)[O-])cc23)cc1.[Na+].[Na+].[Na+]. The molecule has 298 valence electrons. The van der Waals surface area contributed by atoms with Gasteiger partial charge in [0.1, 0.15) is 36.1 Å². The van der Waals surface area contributed by atoms with Gasteiger partial charge in [0.25, 0.3) is 0 Å². The molecule has 6 aromatic carbocycles. The number of hydrogen-bond donors (Lipinski definition) is 2. The summed E-state index contributed by atoms with van der Waals surface area (Å²) in [5.74, 6) is -1.06. The molecule has 7 rings (SSSR count). The van der Waals surface area contributed by atoms with E-state index < -0.39 is 56.7 Å². The second kappa shape index (κ2) is 20.3. The number of ketones is 1. The van der Waals surface area contributed by atoms with Crippen LogP contribution < -0.4 is 99.8 Å². The quantitative estimate of drug-likeness (QED) is 0.0569. The maximum Gasteiger partial charge on any atom is 1.00 e. The number of azo groups is 2. The third kappa shape index (κ3) is 11.6. The van der Waals surface area contributed by atoms with Gasteiger partial charge in [-0.25, -0.2) is 25.3 Å². The van der Waals surface area contributed by atoms with E-state index in [0.29, 0.717) is 16.6 Å². The van der Waals surface area contributed by atoms with Crippen LogP contribution >= 0.6 is 0 Å². The standard InChI is InChI=1S/C38H27N7O11S3.3Na/c39-37(47)17-21-1-4-23(5-2-21)40-41-34-14-12-32(28-10-7-25(19-30(28)34)58(51,52)53)42-43-35-15-13-33(29-11-8-26(20-31(29)35)59(54,55)56)44-45-38-27-9-6-24(57(48,49)50)18-22(27)3-16-36(38)46;;;/h1-16,18-20,44H,17H2,(H2,39,47)(H,48,49,50)(H,51,52,53)(H,54,55,56);;;/q;3*+1/p-3/b41-40?,43-42?,45-38+;;;. The summed E-state index contributed by atoms with van der Waals surface area (Å²) in [7, 11) is -14.6. The van der Waals surface area contributed by atoms with Crippen molar-refractivity contribution in [2.75, 3.05) is 5.43 Å². The van der Waals surface area contributed by atoms with E-state index in [1.54, 1.807) is 24.3 Å². The van der Waals surface area contributed by atoms with Crippen molar-refractivity contribution >= 4 is 104 Å². The number of amides is 1. The van der Waals surface area contributed by atoms with Crippen LogP contribution in [-0.4, -0.2) is 56.3 Å². The zero-order chi connectivity index (χ0) is 42.3. The van der Waals surface area contributed by atoms with E-state index in [-0.39, 0.29) is 151 Å². The summed E-state index contributed by atoms with van der Waals surface area (Å²) < 4.78 is 107. The van der Waals surface area contributed by atoms with Crippen LogP contribution in [-0.2, 0) is 46.4 Å². The first-order chi connectivity index (χ1) is 27.8. The van der Waals surface area contributed by atoms with Crippen molar-refractivity contribution in [1.29, 1.82) is 0 Å². The van der Waals surface area contributed by atoms with Gasteiger partial charge in [0, 0.05) is 27.1 Å². The van der Waals surface area contributed by atoms with Crippen molar-refractivity contribution in [3.63, 3.8) is 0 Å². The Labute approximate surface area is 420 Å². The van der Waals surface area contributed by atoms with Gasteiger partial charge >= 0.3 is 88.7 Å². The minimum Gasteiger partial charge on any atom is -0.744 e. The van der Waals surface area contributed by atoms with Gasteiger partial charge in [-0.05, 0) is 90.0 Å². The van der Waals surface area contributed by atoms with Crippen LogP contribution in [0.3, 0.4) is 0 Å². The first-order valence-electron chi connectivity index (χ1n) is 16.8. The molecule has 0 saturated carbocycles. The molecule has 0 radical (unpaired) electrons. The Morgan fingerprint density at radius 1 is 0.565 bits per heavy atom. The zero-order valence-corrected chi connectivity index (χ0v) is 41.2. The molecule has 6 aromatic rings. The largest absolute Gasteiger partial charge is 1.00 e. The third-order valence-electron chi connectivity index (χ3n) is 8.84. The van der Waals surface area contributed by atoms with Gasteiger partial charge in [-0.1, -0.05) is 36.4 Å². The minimum atomic E-state index is -4.96. The number of nitrogens with two attached hydrogens (primary N) is 1. The van der Waals surface area contributed by atoms with Crippen molar-refractivity contribution in [3.05, 3.63) is 126 Å². The number of rotatable bonds is 11. The monoisotopic (exact) mass is 919 g/mol. The summed E-state index contributed by atoms with van der Waals surface area (Å²) >= 11 is 0. The maximum absolute atomic E-state index is 12.8. The third-order valence-corrected chi connectivity index (χ3v) is 11.3. The molecule has 0 bridgehead atoms. The predicted molar refractivity (Wildman–Crippen MR) is 210 cm³/mol. The molecule has 0 aliphatic heterocycles. The van der Waals surface area contributed by atoms with Crippen LogP contribution in [0.15, 0.2) is 149 Å². The summed E-state index contributed by atoms with van der Waals surface area (Å²) in [6.07, 6.45) is 2.51. The van der Waals surface area contributed by atoms with Gasteiger partial charge < -0.3 is 19.4 Å². The summed E-state index contributed by atoms with van der Waals surface area (Å²) in [4.78, 5) is 22.4. The van der Waals surface area contributed by atoms with Crippen molar-refractivity contribution in [2.45, 2.75) is 21.1 Å². The van der Waals surface area contributed by atoms with Crippen LogP contribution in [0.1, 0.15) is 16.7 Å². The topological polar surface area (TPSA) is 306 Å². The molecule has 0 unspecified atom stereocenters. The number of carbonyl (C=O) groups excluding carboxylic acids is 2. The molecule has 1 amide bonds. The number of anilines is 1. The Bertz CT molecular complexity index is 3260. The normalized spacial score (nSPS) is 13.5. The number of fused-ring (bicyclic) bond motifs is 3. The molecule has 0 heterocycles. The van der Waals surface area contributed by atoms with Gasteiger partial charge in [0.15, 0.2) is 0 Å². The van der Waals surface area contributed by atoms with Crippen LogP contribution in [0, 0.1) is 0 Å². The van der Waals surface area contributed by atoms with E-state index in [2.05, 4.69) is 31.0 Å². The van der Waals surface area contributed by atoms with Gasteiger partial charge in [-0.15, -0.1) is 15.3 Å². The minimum absolute atomic E-state index is 0. The van der Waals surface area contributed by atoms with Crippen LogP contribution in [0.25, 0.3) is 27.6 Å². The molecule has 1 aliphatic carbocycles. The van der Waals surface area contributed by atoms with E-state index in [1.807, 2.05) is 0 Å². The van der Waals surface area contributed by atoms with Crippen molar-refractivity contribution in [3.8, 4) is 0 Å². The number of nitrogens with zero attached hydrogens (tertiary/aromatic N) is 5. The average Bonchev–Trinajstić information content (AvgIpc) is 3.18. The second-order valence-corrected chi connectivity index (χ2v) is 16.9. The Morgan fingerprint density at radius 3 is 1.61 bits per heavy atom. The number of hydrogen-bond acceptors (Lipinski definition) is 17. The molecular formula is C38H24N7Na3O11S3. The predicted octanol–water partition coefficient (Wildman–Crippen LogP) is -3.01. The molecule has 18 nitrogen and oxygen atoms in total. The first kappa shape index (κ1) is 50.8. The summed E-state index contributed by atoms with van der Waals surface area (Å²) in [5.41, 5.74) is 9.98. The van der Waals surface area contributed by atoms with Crippen molar-refractivity contribution in [1.82, 2.24) is 0 Å². The molecule has 62 heavy (non-hydrogen) atoms. The number of carbonyl (C=O) groups is 2. The van der Waals surface area contributed by atoms with Crippen molar-refractivity contribution < 1.29 is 137 Å². The smallest absolute Gasteiger partial charge is 0.744 e. The number of benzene rings is 6. The Morgan fingerprint density at radius 2 is 1.05 bits per heavy atom. The fraction of sp³-hybridized carbons (Fsp3) is 0.0263. The maximum atomic E-state index is 12.8. The van der Waals surface area contributed by atoms with Gasteiger partial charge in [-0.2, -0.15) is 10.2 Å². The Balaban J connectivity index is 0.00000282. The van der Waals surface area contributed by atoms with E-state index in [1.165, 1.54) is 48.5 Å². The summed E-state index contributed by atoms with van der Waals surface area (Å²) in [5, 5.41) is 22.2. The first-order valence-corrected chi connectivity index (χ1v) is 21.0. The van der Waals surface area contributed by atoms with E-state index in [4.69, 9.17) is 5.73 Å². The second-order valence-electron chi connectivity index (χ2n) is 12.7. The van der Waals surface area contributed by atoms with E-state index in [9.17, 15) is 48.5 Å². The molecule has 0 fully saturated rings. The van der Waals surface area contributed by atoms with Crippen LogP contribution in [0.2, 0.25) is 0 Å². The number of allylic oxidation sites excluding steroid dienone is 1. The average molecular weight is 920 g/mol. The summed E-state index contributed by atoms with van der Waals surface area (Å²) in [6, 6.07) is 22.7. The van der Waals surface area contributed by atoms with E-state index in [0.717, 1.165) is 42.5 Å². The van der Waals surface area contributed by atoms with Crippen LogP contribution in [0.5, 0.6) is 0 Å². The fourth-order valence-corrected chi connectivity index (χ4v) is 7.54. The Hall–Kier alpha value is -3.88. The molecule has 3 N–H and O–H groups in total. The number of nitrogens with one attached hydrogen (secondary N) is 1. The Kier molecular flexibility index (Phi) is 16.6. The molecule has 0 saturated heterocycles. The van der Waals surface area contributed by atoms with Crippen molar-refractivity contribution in [2.24, 2.45) is 31.3 Å². The molecule has 24 heteroatoms. The fourth-order valence-electron chi connectivity index (χ4n) is 6.04. The van der Waals surface area contributed by atoms with Gasteiger partial charge in [-0.3, -0.25) is 15.0 Å². The zero-order valence-electron chi connectivity index (χ0n) is 32.7. The number of primary amides is 1. The van der Waals surface area contributed by atoms with Crippen LogP contribution in [0.4, 0.5) is 28.4 Å².